The molecule has 0 aromatic carbocycles. The predicted octanol–water partition coefficient (Wildman–Crippen LogP) is 1.94. The first kappa shape index (κ1) is 16.7. The highest BCUT2D eigenvalue weighted by molar-refractivity contribution is 5.04. The van der Waals surface area contributed by atoms with Crippen LogP contribution in [0.3, 0.4) is 0 Å². The van der Waals surface area contributed by atoms with Crippen LogP contribution in [0.5, 0.6) is 0 Å². The van der Waals surface area contributed by atoms with Crippen molar-refractivity contribution in [2.45, 2.75) is 63.0 Å². The number of halogens is 1. The monoisotopic (exact) mass is 322 g/mol. The van der Waals surface area contributed by atoms with Gasteiger partial charge in [0.25, 0.3) is 0 Å². The molecule has 5 nitrogen and oxygen atoms in total. The zero-order chi connectivity index (χ0) is 16.1. The summed E-state index contributed by atoms with van der Waals surface area (Å²) < 4.78 is 19.3. The van der Waals surface area contributed by atoms with E-state index in [9.17, 15) is 4.39 Å². The van der Waals surface area contributed by atoms with Crippen LogP contribution in [0, 0.1) is 0 Å². The molecule has 2 heterocycles. The van der Waals surface area contributed by atoms with E-state index in [2.05, 4.69) is 20.2 Å². The van der Waals surface area contributed by atoms with Crippen LogP contribution < -0.4 is 5.32 Å². The fourth-order valence-corrected chi connectivity index (χ4v) is 3.78. The largest absolute Gasteiger partial charge is 0.381 e. The van der Waals surface area contributed by atoms with Gasteiger partial charge in [0, 0.05) is 56.8 Å². The average Bonchev–Trinajstić information content (AvgIpc) is 2.94. The molecule has 128 valence electrons. The molecule has 1 aromatic heterocycles. The van der Waals surface area contributed by atoms with E-state index in [4.69, 9.17) is 4.74 Å². The molecule has 2 atom stereocenters. The smallest absolute Gasteiger partial charge is 0.115 e. The third kappa shape index (κ3) is 4.68. The Balaban J connectivity index is 1.48. The summed E-state index contributed by atoms with van der Waals surface area (Å²) in [4.78, 5) is 10.3. The van der Waals surface area contributed by atoms with E-state index in [0.29, 0.717) is 25.1 Å². The van der Waals surface area contributed by atoms with Crippen molar-refractivity contribution in [2.24, 2.45) is 0 Å². The van der Waals surface area contributed by atoms with Crippen LogP contribution in [0.15, 0.2) is 18.7 Å². The summed E-state index contributed by atoms with van der Waals surface area (Å²) in [6.45, 7) is 2.10. The number of ether oxygens (including phenoxy) is 1. The first-order valence-corrected chi connectivity index (χ1v) is 8.62. The van der Waals surface area contributed by atoms with E-state index in [1.54, 1.807) is 7.11 Å². The maximum Gasteiger partial charge on any atom is 0.115 e. The Morgan fingerprint density at radius 3 is 2.70 bits per heavy atom. The topological polar surface area (TPSA) is 50.3 Å². The summed E-state index contributed by atoms with van der Waals surface area (Å²) in [7, 11) is 1.80. The molecule has 0 bridgehead atoms. The third-order valence-corrected chi connectivity index (χ3v) is 5.13. The molecule has 6 heteroatoms. The summed E-state index contributed by atoms with van der Waals surface area (Å²) in [6, 6.07) is 0.798. The summed E-state index contributed by atoms with van der Waals surface area (Å²) in [6.07, 6.45) is 10.0. The minimum absolute atomic E-state index is 0.255. The summed E-state index contributed by atoms with van der Waals surface area (Å²) >= 11 is 0. The van der Waals surface area contributed by atoms with Gasteiger partial charge in [0.2, 0.25) is 0 Å². The van der Waals surface area contributed by atoms with Crippen molar-refractivity contribution in [3.05, 3.63) is 24.3 Å². The Kier molecular flexibility index (Phi) is 5.91. The molecule has 1 aliphatic heterocycles. The molecular formula is C17H27FN4O. The zero-order valence-corrected chi connectivity index (χ0v) is 13.8. The lowest BCUT2D eigenvalue weighted by Crippen LogP contribution is -2.43. The number of likely N-dealkylation sites (tertiary alicyclic amines) is 1. The Labute approximate surface area is 137 Å². The van der Waals surface area contributed by atoms with E-state index in [1.165, 1.54) is 6.33 Å². The summed E-state index contributed by atoms with van der Waals surface area (Å²) in [5, 5.41) is 3.65. The minimum Gasteiger partial charge on any atom is -0.381 e. The van der Waals surface area contributed by atoms with Gasteiger partial charge in [-0.25, -0.2) is 14.4 Å². The second-order valence-corrected chi connectivity index (χ2v) is 6.78. The van der Waals surface area contributed by atoms with Crippen LogP contribution in [-0.4, -0.2) is 59.4 Å². The molecule has 2 fully saturated rings. The van der Waals surface area contributed by atoms with Gasteiger partial charge in [-0.2, -0.15) is 0 Å². The molecule has 1 saturated heterocycles. The molecule has 1 saturated carbocycles. The van der Waals surface area contributed by atoms with Gasteiger partial charge in [0.05, 0.1) is 6.10 Å². The van der Waals surface area contributed by atoms with Crippen LogP contribution in [0.1, 0.15) is 37.7 Å². The normalized spacial score (nSPS) is 32.3. The van der Waals surface area contributed by atoms with Gasteiger partial charge in [0.15, 0.2) is 0 Å². The quantitative estimate of drug-likeness (QED) is 0.867. The van der Waals surface area contributed by atoms with Gasteiger partial charge in [-0.1, -0.05) is 0 Å². The molecule has 23 heavy (non-hydrogen) atoms. The standard InChI is InChI=1S/C17H27FN4O/c1-23-17-4-2-15(3-5-17)21-9-16-6-14(18)11-22(16)10-13-7-19-12-20-8-13/h7-8,12,14-17,21H,2-6,9-11H2,1H3/t14-,15?,16-,17?/m0/s1. The fourth-order valence-electron chi connectivity index (χ4n) is 3.78. The van der Waals surface area contributed by atoms with Crippen LogP contribution in [0.25, 0.3) is 0 Å². The highest BCUT2D eigenvalue weighted by Crippen LogP contribution is 2.24. The van der Waals surface area contributed by atoms with E-state index < -0.39 is 6.17 Å². The van der Waals surface area contributed by atoms with Crippen LogP contribution in [0.4, 0.5) is 4.39 Å². The molecule has 3 rings (SSSR count). The number of hydrogen-bond donors (Lipinski definition) is 1. The van der Waals surface area contributed by atoms with Crippen molar-refractivity contribution in [2.75, 3.05) is 20.2 Å². The number of rotatable bonds is 6. The number of nitrogens with one attached hydrogen (secondary N) is 1. The van der Waals surface area contributed by atoms with Crippen molar-refractivity contribution < 1.29 is 9.13 Å². The molecular weight excluding hydrogens is 295 g/mol. The summed E-state index contributed by atoms with van der Waals surface area (Å²) in [5.74, 6) is 0. The Morgan fingerprint density at radius 2 is 2.00 bits per heavy atom. The second kappa shape index (κ2) is 8.13. The van der Waals surface area contributed by atoms with Gasteiger partial charge >= 0.3 is 0 Å². The first-order chi connectivity index (χ1) is 11.2. The van der Waals surface area contributed by atoms with Gasteiger partial charge in [-0.3, -0.25) is 4.90 Å². The van der Waals surface area contributed by atoms with Crippen molar-refractivity contribution in [3.63, 3.8) is 0 Å². The van der Waals surface area contributed by atoms with Crippen molar-refractivity contribution >= 4 is 0 Å². The lowest BCUT2D eigenvalue weighted by Gasteiger charge is -2.31. The lowest BCUT2D eigenvalue weighted by molar-refractivity contribution is 0.0616. The van der Waals surface area contributed by atoms with Gasteiger partial charge < -0.3 is 10.1 Å². The highest BCUT2D eigenvalue weighted by atomic mass is 19.1. The van der Waals surface area contributed by atoms with Crippen molar-refractivity contribution in [1.29, 1.82) is 0 Å². The lowest BCUT2D eigenvalue weighted by atomic mass is 9.93. The maximum atomic E-state index is 13.9. The Morgan fingerprint density at radius 1 is 1.26 bits per heavy atom. The van der Waals surface area contributed by atoms with Crippen LogP contribution in [-0.2, 0) is 11.3 Å². The van der Waals surface area contributed by atoms with Gasteiger partial charge in [0.1, 0.15) is 12.5 Å². The third-order valence-electron chi connectivity index (χ3n) is 5.13. The Hall–Kier alpha value is -1.11. The molecule has 0 spiro atoms. The molecule has 0 unspecified atom stereocenters. The number of nitrogens with zero attached hydrogens (tertiary/aromatic N) is 3. The molecule has 0 amide bonds. The second-order valence-electron chi connectivity index (χ2n) is 6.78. The number of aromatic nitrogens is 2. The molecule has 1 aliphatic carbocycles. The summed E-state index contributed by atoms with van der Waals surface area (Å²) in [5.41, 5.74) is 1.05. The minimum atomic E-state index is -0.726. The highest BCUT2D eigenvalue weighted by Gasteiger charge is 2.32. The number of alkyl halides is 1. The average molecular weight is 322 g/mol. The first-order valence-electron chi connectivity index (χ1n) is 8.62. The Bertz CT molecular complexity index is 467. The number of methoxy groups -OCH3 is 1. The van der Waals surface area contributed by atoms with E-state index in [0.717, 1.165) is 44.3 Å². The molecule has 0 radical (unpaired) electrons. The van der Waals surface area contributed by atoms with E-state index in [-0.39, 0.29) is 6.04 Å². The SMILES string of the molecule is COC1CCC(NC[C@@H]2C[C@H](F)CN2Cc2cncnc2)CC1. The zero-order valence-electron chi connectivity index (χ0n) is 13.8. The molecule has 1 N–H and O–H groups in total. The number of hydrogen-bond acceptors (Lipinski definition) is 5. The predicted molar refractivity (Wildman–Crippen MR) is 86.8 cm³/mol. The van der Waals surface area contributed by atoms with E-state index in [1.807, 2.05) is 12.4 Å². The maximum absolute atomic E-state index is 13.9. The van der Waals surface area contributed by atoms with Crippen molar-refractivity contribution in [3.8, 4) is 0 Å². The fraction of sp³-hybridized carbons (Fsp3) is 0.765. The van der Waals surface area contributed by atoms with Crippen LogP contribution >= 0.6 is 0 Å². The van der Waals surface area contributed by atoms with Crippen LogP contribution in [0.2, 0.25) is 0 Å². The molecule has 1 aromatic rings. The van der Waals surface area contributed by atoms with E-state index >= 15 is 0 Å². The van der Waals surface area contributed by atoms with Gasteiger partial charge in [-0.05, 0) is 32.1 Å². The van der Waals surface area contributed by atoms with Gasteiger partial charge in [-0.15, -0.1) is 0 Å². The molecule has 2 aliphatic rings. The van der Waals surface area contributed by atoms with Crippen molar-refractivity contribution in [1.82, 2.24) is 20.2 Å².